The summed E-state index contributed by atoms with van der Waals surface area (Å²) in [7, 11) is 1.37. The maximum absolute atomic E-state index is 12.7. The highest BCUT2D eigenvalue weighted by Gasteiger charge is 2.42. The van der Waals surface area contributed by atoms with E-state index in [1.807, 2.05) is 4.90 Å². The van der Waals surface area contributed by atoms with E-state index in [0.717, 1.165) is 0 Å². The van der Waals surface area contributed by atoms with Gasteiger partial charge in [0.1, 0.15) is 0 Å². The molecule has 2 fully saturated rings. The van der Waals surface area contributed by atoms with E-state index in [1.165, 1.54) is 7.11 Å². The largest absolute Gasteiger partial charge is 0.453 e. The lowest BCUT2D eigenvalue weighted by molar-refractivity contribution is -0.148. The van der Waals surface area contributed by atoms with Crippen molar-refractivity contribution in [3.8, 4) is 0 Å². The van der Waals surface area contributed by atoms with E-state index in [0.29, 0.717) is 58.8 Å². The first-order valence-electron chi connectivity index (χ1n) is 7.03. The molecule has 0 atom stereocenters. The zero-order valence-corrected chi connectivity index (χ0v) is 12.0. The van der Waals surface area contributed by atoms with Gasteiger partial charge in [-0.2, -0.15) is 0 Å². The third-order valence-electron chi connectivity index (χ3n) is 4.29. The number of hydrogen-bond acceptors (Lipinski definition) is 5. The van der Waals surface area contributed by atoms with Crippen LogP contribution in [0, 0.1) is 5.41 Å². The number of rotatable bonds is 2. The first-order valence-corrected chi connectivity index (χ1v) is 7.03. The van der Waals surface area contributed by atoms with Crippen LogP contribution >= 0.6 is 0 Å². The van der Waals surface area contributed by atoms with Gasteiger partial charge < -0.3 is 25.0 Å². The van der Waals surface area contributed by atoms with Gasteiger partial charge in [-0.15, -0.1) is 0 Å². The van der Waals surface area contributed by atoms with E-state index >= 15 is 0 Å². The number of hydrogen-bond donors (Lipinski definition) is 1. The number of carbonyl (C=O) groups excluding carboxylic acids is 2. The molecule has 0 radical (unpaired) electrons. The number of nitrogens with two attached hydrogens (primary N) is 1. The molecule has 2 heterocycles. The fourth-order valence-electron chi connectivity index (χ4n) is 2.82. The predicted molar refractivity (Wildman–Crippen MR) is 72.1 cm³/mol. The smallest absolute Gasteiger partial charge is 0.409 e. The summed E-state index contributed by atoms with van der Waals surface area (Å²) in [4.78, 5) is 27.6. The summed E-state index contributed by atoms with van der Waals surface area (Å²) in [5.74, 6) is 0.104. The monoisotopic (exact) mass is 285 g/mol. The van der Waals surface area contributed by atoms with Gasteiger partial charge >= 0.3 is 6.09 Å². The van der Waals surface area contributed by atoms with Gasteiger partial charge in [-0.25, -0.2) is 4.79 Å². The molecule has 0 aromatic rings. The molecule has 2 amide bonds. The standard InChI is InChI=1S/C13H23N3O4/c1-19-12(18)16-6-4-15(5-7-16)11(17)13(10-14)2-8-20-9-3-13/h2-10,14H2,1H3. The van der Waals surface area contributed by atoms with E-state index in [2.05, 4.69) is 4.74 Å². The summed E-state index contributed by atoms with van der Waals surface area (Å²) >= 11 is 0. The highest BCUT2D eigenvalue weighted by molar-refractivity contribution is 5.83. The Hall–Kier alpha value is -1.34. The minimum atomic E-state index is -0.480. The minimum Gasteiger partial charge on any atom is -0.453 e. The fourth-order valence-corrected chi connectivity index (χ4v) is 2.82. The molecule has 0 saturated carbocycles. The summed E-state index contributed by atoms with van der Waals surface area (Å²) in [5.41, 5.74) is 5.37. The molecule has 2 aliphatic heterocycles. The maximum atomic E-state index is 12.7. The van der Waals surface area contributed by atoms with Crippen molar-refractivity contribution in [3.63, 3.8) is 0 Å². The van der Waals surface area contributed by atoms with E-state index in [4.69, 9.17) is 10.5 Å². The Morgan fingerprint density at radius 2 is 1.70 bits per heavy atom. The Kier molecular flexibility index (Phi) is 4.82. The Labute approximate surface area is 119 Å². The van der Waals surface area contributed by atoms with Gasteiger partial charge in [0.05, 0.1) is 12.5 Å². The van der Waals surface area contributed by atoms with Gasteiger partial charge in [-0.3, -0.25) is 4.79 Å². The number of amides is 2. The molecule has 0 aromatic carbocycles. The quantitative estimate of drug-likeness (QED) is 0.750. The number of carbonyl (C=O) groups is 2. The van der Waals surface area contributed by atoms with Crippen molar-refractivity contribution in [2.45, 2.75) is 12.8 Å². The number of methoxy groups -OCH3 is 1. The second-order valence-electron chi connectivity index (χ2n) is 5.35. The van der Waals surface area contributed by atoms with Crippen LogP contribution < -0.4 is 5.73 Å². The highest BCUT2D eigenvalue weighted by Crippen LogP contribution is 2.32. The molecule has 2 aliphatic rings. The van der Waals surface area contributed by atoms with Gasteiger partial charge in [0, 0.05) is 45.9 Å². The number of piperazine rings is 1. The van der Waals surface area contributed by atoms with Crippen molar-refractivity contribution in [1.29, 1.82) is 0 Å². The second-order valence-corrected chi connectivity index (χ2v) is 5.35. The van der Waals surface area contributed by atoms with Crippen LogP contribution in [-0.2, 0) is 14.3 Å². The highest BCUT2D eigenvalue weighted by atomic mass is 16.5. The summed E-state index contributed by atoms with van der Waals surface area (Å²) in [6.07, 6.45) is 1.02. The van der Waals surface area contributed by atoms with Gasteiger partial charge in [-0.05, 0) is 12.8 Å². The van der Waals surface area contributed by atoms with Crippen LogP contribution in [-0.4, -0.2) is 74.8 Å². The van der Waals surface area contributed by atoms with E-state index in [9.17, 15) is 9.59 Å². The molecule has 20 heavy (non-hydrogen) atoms. The predicted octanol–water partition coefficient (Wildman–Crippen LogP) is -0.347. The lowest BCUT2D eigenvalue weighted by Crippen LogP contribution is -2.57. The maximum Gasteiger partial charge on any atom is 0.409 e. The third-order valence-corrected chi connectivity index (χ3v) is 4.29. The Morgan fingerprint density at radius 3 is 2.20 bits per heavy atom. The van der Waals surface area contributed by atoms with E-state index in [-0.39, 0.29) is 12.0 Å². The number of ether oxygens (including phenoxy) is 2. The first-order chi connectivity index (χ1) is 9.63. The lowest BCUT2D eigenvalue weighted by Gasteiger charge is -2.41. The van der Waals surface area contributed by atoms with Crippen molar-refractivity contribution in [2.24, 2.45) is 11.1 Å². The SMILES string of the molecule is COC(=O)N1CCN(C(=O)C2(CN)CCOCC2)CC1. The molecule has 0 bridgehead atoms. The Balaban J connectivity index is 1.95. The van der Waals surface area contributed by atoms with Crippen molar-refractivity contribution in [1.82, 2.24) is 9.80 Å². The van der Waals surface area contributed by atoms with Gasteiger partial charge in [0.25, 0.3) is 0 Å². The van der Waals surface area contributed by atoms with Crippen molar-refractivity contribution >= 4 is 12.0 Å². The van der Waals surface area contributed by atoms with Gasteiger partial charge in [0.15, 0.2) is 0 Å². The van der Waals surface area contributed by atoms with Crippen molar-refractivity contribution in [2.75, 3.05) is 53.0 Å². The molecule has 2 N–H and O–H groups in total. The molecule has 114 valence electrons. The van der Waals surface area contributed by atoms with Crippen LogP contribution in [0.15, 0.2) is 0 Å². The zero-order valence-electron chi connectivity index (χ0n) is 12.0. The minimum absolute atomic E-state index is 0.104. The van der Waals surface area contributed by atoms with Crippen molar-refractivity contribution in [3.05, 3.63) is 0 Å². The molecule has 7 nitrogen and oxygen atoms in total. The lowest BCUT2D eigenvalue weighted by atomic mass is 9.78. The van der Waals surface area contributed by atoms with Crippen LogP contribution in [0.1, 0.15) is 12.8 Å². The van der Waals surface area contributed by atoms with Crippen LogP contribution in [0.2, 0.25) is 0 Å². The summed E-state index contributed by atoms with van der Waals surface area (Å²) < 4.78 is 10.0. The zero-order chi connectivity index (χ0) is 14.6. The third kappa shape index (κ3) is 2.88. The molecular formula is C13H23N3O4. The Morgan fingerprint density at radius 1 is 1.15 bits per heavy atom. The summed E-state index contributed by atoms with van der Waals surface area (Å²) in [6, 6.07) is 0. The van der Waals surface area contributed by atoms with Crippen LogP contribution in [0.3, 0.4) is 0 Å². The molecule has 0 aromatic heterocycles. The number of nitrogens with zero attached hydrogens (tertiary/aromatic N) is 2. The molecule has 0 unspecified atom stereocenters. The molecule has 2 saturated heterocycles. The molecule has 2 rings (SSSR count). The van der Waals surface area contributed by atoms with E-state index in [1.54, 1.807) is 4.90 Å². The second kappa shape index (κ2) is 6.41. The van der Waals surface area contributed by atoms with Gasteiger partial charge in [0.2, 0.25) is 5.91 Å². The fraction of sp³-hybridized carbons (Fsp3) is 0.846. The summed E-state index contributed by atoms with van der Waals surface area (Å²) in [5, 5.41) is 0. The molecule has 7 heteroatoms. The average Bonchev–Trinajstić information content (AvgIpc) is 2.54. The normalized spacial score (nSPS) is 22.5. The van der Waals surface area contributed by atoms with Crippen molar-refractivity contribution < 1.29 is 19.1 Å². The molecular weight excluding hydrogens is 262 g/mol. The van der Waals surface area contributed by atoms with Crippen LogP contribution in [0.4, 0.5) is 4.79 Å². The van der Waals surface area contributed by atoms with Gasteiger partial charge in [-0.1, -0.05) is 0 Å². The first kappa shape index (κ1) is 15.1. The molecule has 0 aliphatic carbocycles. The summed E-state index contributed by atoms with van der Waals surface area (Å²) in [6.45, 7) is 3.63. The average molecular weight is 285 g/mol. The topological polar surface area (TPSA) is 85.1 Å². The van der Waals surface area contributed by atoms with Crippen LogP contribution in [0.5, 0.6) is 0 Å². The molecule has 0 spiro atoms. The van der Waals surface area contributed by atoms with E-state index < -0.39 is 5.41 Å². The van der Waals surface area contributed by atoms with Crippen LogP contribution in [0.25, 0.3) is 0 Å². The Bertz CT molecular complexity index is 361.